The highest BCUT2D eigenvalue weighted by Gasteiger charge is 2.42. The van der Waals surface area contributed by atoms with Crippen LogP contribution in [0.15, 0.2) is 12.8 Å². The van der Waals surface area contributed by atoms with Gasteiger partial charge in [-0.15, -0.1) is 0 Å². The lowest BCUT2D eigenvalue weighted by Crippen LogP contribution is -2.23. The van der Waals surface area contributed by atoms with E-state index in [1.165, 1.54) is 13.4 Å². The summed E-state index contributed by atoms with van der Waals surface area (Å²) in [6.45, 7) is 5.55. The topological polar surface area (TPSA) is 61.8 Å². The van der Waals surface area contributed by atoms with Crippen LogP contribution < -0.4 is 0 Å². The van der Waals surface area contributed by atoms with Gasteiger partial charge in [-0.25, -0.2) is 0 Å². The summed E-state index contributed by atoms with van der Waals surface area (Å²) in [4.78, 5) is 32.6. The molecule has 1 aliphatic rings. The summed E-state index contributed by atoms with van der Waals surface area (Å²) >= 11 is 0. The first kappa shape index (κ1) is 18.7. The number of unbranched alkanes of at least 4 members (excludes halogenated alkanes) is 3. The van der Waals surface area contributed by atoms with Gasteiger partial charge in [0.1, 0.15) is 18.7 Å². The molecule has 0 N–H and O–H groups in total. The fourth-order valence-corrected chi connectivity index (χ4v) is 3.31. The van der Waals surface area contributed by atoms with Crippen molar-refractivity contribution >= 4 is 12.3 Å². The van der Waals surface area contributed by atoms with Gasteiger partial charge in [0.2, 0.25) is 0 Å². The SMILES string of the molecule is C=COOC1C[C@@H](C)[C@H](C=O)[C@H]1CCCCCCC(=O)OC. The normalized spacial score (nSPS) is 27.4. The summed E-state index contributed by atoms with van der Waals surface area (Å²) < 4.78 is 4.61. The molecule has 1 rings (SSSR count). The molecule has 1 fully saturated rings. The maximum Gasteiger partial charge on any atom is 0.305 e. The molecule has 22 heavy (non-hydrogen) atoms. The molecule has 0 amide bonds. The minimum atomic E-state index is -0.152. The molecular formula is C17H28O5. The summed E-state index contributed by atoms with van der Waals surface area (Å²) in [5.74, 6) is 0.405. The highest BCUT2D eigenvalue weighted by molar-refractivity contribution is 5.68. The Hall–Kier alpha value is -1.36. The zero-order chi connectivity index (χ0) is 16.4. The number of aldehydes is 1. The van der Waals surface area contributed by atoms with Gasteiger partial charge in [-0.1, -0.05) is 32.8 Å². The van der Waals surface area contributed by atoms with Crippen LogP contribution in [0.1, 0.15) is 51.9 Å². The number of hydrogen-bond donors (Lipinski definition) is 0. The molecule has 5 heteroatoms. The van der Waals surface area contributed by atoms with Crippen molar-refractivity contribution in [3.05, 3.63) is 12.8 Å². The Bertz CT molecular complexity index is 355. The predicted molar refractivity (Wildman–Crippen MR) is 82.7 cm³/mol. The first-order valence-electron chi connectivity index (χ1n) is 8.09. The zero-order valence-corrected chi connectivity index (χ0v) is 13.7. The van der Waals surface area contributed by atoms with E-state index in [4.69, 9.17) is 9.78 Å². The minimum absolute atomic E-state index is 0.0356. The van der Waals surface area contributed by atoms with Crippen molar-refractivity contribution in [2.75, 3.05) is 7.11 Å². The molecule has 0 aliphatic heterocycles. The van der Waals surface area contributed by atoms with Crippen LogP contribution in [0.5, 0.6) is 0 Å². The third-order valence-corrected chi connectivity index (χ3v) is 4.53. The molecule has 0 aromatic heterocycles. The molecule has 0 saturated heterocycles. The fourth-order valence-electron chi connectivity index (χ4n) is 3.31. The van der Waals surface area contributed by atoms with Gasteiger partial charge in [0, 0.05) is 12.3 Å². The summed E-state index contributed by atoms with van der Waals surface area (Å²) in [7, 11) is 1.41. The Morgan fingerprint density at radius 2 is 2.00 bits per heavy atom. The fraction of sp³-hybridized carbons (Fsp3) is 0.765. The monoisotopic (exact) mass is 312 g/mol. The van der Waals surface area contributed by atoms with Gasteiger partial charge >= 0.3 is 5.97 Å². The van der Waals surface area contributed by atoms with Crippen LogP contribution >= 0.6 is 0 Å². The van der Waals surface area contributed by atoms with E-state index in [2.05, 4.69) is 18.2 Å². The van der Waals surface area contributed by atoms with E-state index >= 15 is 0 Å². The van der Waals surface area contributed by atoms with E-state index in [1.54, 1.807) is 0 Å². The number of rotatable bonds is 11. The quantitative estimate of drug-likeness (QED) is 0.146. The molecule has 5 nitrogen and oxygen atoms in total. The van der Waals surface area contributed by atoms with Crippen molar-refractivity contribution < 1.29 is 24.1 Å². The van der Waals surface area contributed by atoms with Crippen LogP contribution in [0, 0.1) is 17.8 Å². The Morgan fingerprint density at radius 3 is 2.64 bits per heavy atom. The second kappa shape index (κ2) is 10.4. The lowest BCUT2D eigenvalue weighted by Gasteiger charge is -2.21. The van der Waals surface area contributed by atoms with Gasteiger partial charge in [0.25, 0.3) is 0 Å². The van der Waals surface area contributed by atoms with Crippen molar-refractivity contribution in [3.8, 4) is 0 Å². The number of ether oxygens (including phenoxy) is 1. The van der Waals surface area contributed by atoms with E-state index in [-0.39, 0.29) is 23.9 Å². The van der Waals surface area contributed by atoms with Gasteiger partial charge < -0.3 is 14.4 Å². The first-order valence-corrected chi connectivity index (χ1v) is 8.09. The molecule has 1 aliphatic carbocycles. The summed E-state index contributed by atoms with van der Waals surface area (Å²) in [5.41, 5.74) is 0. The third kappa shape index (κ3) is 5.79. The number of carbonyl (C=O) groups is 2. The molecule has 0 aromatic rings. The maximum absolute atomic E-state index is 11.3. The molecule has 126 valence electrons. The second-order valence-corrected chi connectivity index (χ2v) is 6.02. The highest BCUT2D eigenvalue weighted by atomic mass is 17.2. The van der Waals surface area contributed by atoms with Crippen LogP contribution in [-0.4, -0.2) is 25.5 Å². The average molecular weight is 312 g/mol. The van der Waals surface area contributed by atoms with Gasteiger partial charge in [0.05, 0.1) is 7.11 Å². The van der Waals surface area contributed by atoms with E-state index in [9.17, 15) is 9.59 Å². The Labute approximate surface area is 132 Å². The number of hydrogen-bond acceptors (Lipinski definition) is 5. The number of methoxy groups -OCH3 is 1. The molecule has 0 radical (unpaired) electrons. The van der Waals surface area contributed by atoms with Crippen LogP contribution in [0.3, 0.4) is 0 Å². The molecule has 0 spiro atoms. The molecule has 1 saturated carbocycles. The number of carbonyl (C=O) groups excluding carboxylic acids is 2. The van der Waals surface area contributed by atoms with Crippen LogP contribution in [0.4, 0.5) is 0 Å². The van der Waals surface area contributed by atoms with Crippen LogP contribution in [0.2, 0.25) is 0 Å². The first-order chi connectivity index (χ1) is 10.6. The standard InChI is InChI=1S/C17H28O5/c1-4-21-22-16-11-13(2)15(12-18)14(16)9-7-5-6-8-10-17(19)20-3/h4,12-16H,1,5-11H2,2-3H3/t13-,14-,15+,16?/m1/s1. The largest absolute Gasteiger partial charge is 0.469 e. The highest BCUT2D eigenvalue weighted by Crippen LogP contribution is 2.40. The molecule has 4 atom stereocenters. The molecule has 0 heterocycles. The summed E-state index contributed by atoms with van der Waals surface area (Å²) in [6.07, 6.45) is 8.46. The third-order valence-electron chi connectivity index (χ3n) is 4.53. The van der Waals surface area contributed by atoms with Crippen molar-refractivity contribution in [1.82, 2.24) is 0 Å². The molecule has 0 bridgehead atoms. The van der Waals surface area contributed by atoms with Crippen molar-refractivity contribution in [3.63, 3.8) is 0 Å². The Kier molecular flexibility index (Phi) is 8.82. The van der Waals surface area contributed by atoms with Gasteiger partial charge in [-0.05, 0) is 31.1 Å². The van der Waals surface area contributed by atoms with Crippen LogP contribution in [0.25, 0.3) is 0 Å². The average Bonchev–Trinajstić information content (AvgIpc) is 2.83. The number of esters is 1. The Balaban J connectivity index is 2.31. The van der Waals surface area contributed by atoms with Crippen molar-refractivity contribution in [1.29, 1.82) is 0 Å². The van der Waals surface area contributed by atoms with E-state index in [0.29, 0.717) is 12.3 Å². The van der Waals surface area contributed by atoms with Crippen molar-refractivity contribution in [2.24, 2.45) is 17.8 Å². The summed E-state index contributed by atoms with van der Waals surface area (Å²) in [5, 5.41) is 0. The van der Waals surface area contributed by atoms with E-state index in [0.717, 1.165) is 44.8 Å². The lowest BCUT2D eigenvalue weighted by atomic mass is 9.87. The maximum atomic E-state index is 11.3. The summed E-state index contributed by atoms with van der Waals surface area (Å²) in [6, 6.07) is 0. The zero-order valence-electron chi connectivity index (χ0n) is 13.7. The Morgan fingerprint density at radius 1 is 1.27 bits per heavy atom. The smallest absolute Gasteiger partial charge is 0.305 e. The van der Waals surface area contributed by atoms with Gasteiger partial charge in [0.15, 0.2) is 0 Å². The van der Waals surface area contributed by atoms with Gasteiger partial charge in [-0.3, -0.25) is 4.79 Å². The second-order valence-electron chi connectivity index (χ2n) is 6.02. The van der Waals surface area contributed by atoms with E-state index in [1.807, 2.05) is 0 Å². The van der Waals surface area contributed by atoms with Crippen molar-refractivity contribution in [2.45, 2.75) is 58.0 Å². The molecule has 1 unspecified atom stereocenters. The molecular weight excluding hydrogens is 284 g/mol. The van der Waals surface area contributed by atoms with Crippen LogP contribution in [-0.2, 0) is 24.1 Å². The van der Waals surface area contributed by atoms with E-state index < -0.39 is 0 Å². The minimum Gasteiger partial charge on any atom is -0.469 e. The predicted octanol–water partition coefficient (Wildman–Crippen LogP) is 3.43. The molecule has 0 aromatic carbocycles. The lowest BCUT2D eigenvalue weighted by molar-refractivity contribution is -0.291. The van der Waals surface area contributed by atoms with Gasteiger partial charge in [-0.2, -0.15) is 4.89 Å².